The number of fused-ring (bicyclic) bond motifs is 2. The molecular weight excluding hydrogens is 398 g/mol. The molecule has 1 N–H and O–H groups in total. The van der Waals surface area contributed by atoms with Crippen LogP contribution in [0.15, 0.2) is 42.6 Å². The molecule has 1 saturated heterocycles. The Morgan fingerprint density at radius 1 is 1.12 bits per heavy atom. The molecule has 32 heavy (non-hydrogen) atoms. The quantitative estimate of drug-likeness (QED) is 0.501. The average Bonchev–Trinajstić information content (AvgIpc) is 3.36. The predicted octanol–water partition coefficient (Wildman–Crippen LogP) is 4.08. The minimum atomic E-state index is 0.0212. The van der Waals surface area contributed by atoms with Crippen LogP contribution in [0, 0.1) is 0 Å². The minimum absolute atomic E-state index is 0.0212. The van der Waals surface area contributed by atoms with Gasteiger partial charge in [0.1, 0.15) is 11.2 Å². The molecule has 1 aliphatic heterocycles. The number of carbonyl (C=O) groups is 1. The lowest BCUT2D eigenvalue weighted by Crippen LogP contribution is -2.40. The van der Waals surface area contributed by atoms with Crippen LogP contribution in [0.25, 0.3) is 33.5 Å². The first-order valence-electron chi connectivity index (χ1n) is 11.3. The highest BCUT2D eigenvalue weighted by atomic mass is 16.1. The van der Waals surface area contributed by atoms with Crippen molar-refractivity contribution < 1.29 is 4.79 Å². The summed E-state index contributed by atoms with van der Waals surface area (Å²) in [7, 11) is 1.90. The number of hydrogen-bond acceptors (Lipinski definition) is 5. The van der Waals surface area contributed by atoms with Crippen molar-refractivity contribution >= 4 is 16.8 Å². The maximum atomic E-state index is 12.6. The number of aromatic nitrogens is 4. The Morgan fingerprint density at radius 2 is 2.00 bits per heavy atom. The zero-order valence-electron chi connectivity index (χ0n) is 18.4. The second kappa shape index (κ2) is 7.35. The average molecular weight is 424 g/mol. The monoisotopic (exact) mass is 423 g/mol. The molecule has 4 heterocycles. The Labute approximate surface area is 186 Å². The first-order valence-corrected chi connectivity index (χ1v) is 11.3. The van der Waals surface area contributed by atoms with Gasteiger partial charge in [-0.05, 0) is 55.5 Å². The third kappa shape index (κ3) is 2.98. The molecule has 0 atom stereocenters. The van der Waals surface area contributed by atoms with Crippen molar-refractivity contribution in [1.82, 2.24) is 25.1 Å². The summed E-state index contributed by atoms with van der Waals surface area (Å²) in [6, 6.07) is 12.5. The lowest BCUT2D eigenvalue weighted by Gasteiger charge is -2.26. The Kier molecular flexibility index (Phi) is 4.43. The fraction of sp³-hybridized carbons (Fsp3) is 0.308. The van der Waals surface area contributed by atoms with Crippen LogP contribution < -0.4 is 5.32 Å². The molecule has 1 aromatic carbocycles. The van der Waals surface area contributed by atoms with E-state index >= 15 is 0 Å². The van der Waals surface area contributed by atoms with Gasteiger partial charge in [0.25, 0.3) is 0 Å². The number of nitrogens with one attached hydrogen (secondary N) is 1. The molecule has 4 aromatic rings. The van der Waals surface area contributed by atoms with Gasteiger partial charge in [0.05, 0.1) is 11.2 Å². The zero-order chi connectivity index (χ0) is 21.8. The van der Waals surface area contributed by atoms with Crippen molar-refractivity contribution in [2.75, 3.05) is 13.1 Å². The van der Waals surface area contributed by atoms with E-state index in [-0.39, 0.29) is 5.78 Å². The van der Waals surface area contributed by atoms with Crippen LogP contribution in [0.1, 0.15) is 46.4 Å². The Hall–Kier alpha value is -3.38. The van der Waals surface area contributed by atoms with Crippen molar-refractivity contribution in [3.8, 4) is 22.5 Å². The predicted molar refractivity (Wildman–Crippen MR) is 125 cm³/mol. The normalized spacial score (nSPS) is 15.7. The molecule has 0 radical (unpaired) electrons. The molecule has 6 heteroatoms. The van der Waals surface area contributed by atoms with Crippen LogP contribution in [-0.2, 0) is 19.9 Å². The fourth-order valence-electron chi connectivity index (χ4n) is 4.97. The maximum absolute atomic E-state index is 12.6. The van der Waals surface area contributed by atoms with Gasteiger partial charge in [0.15, 0.2) is 5.78 Å². The molecular formula is C26H25N5O. The number of ketones is 1. The zero-order valence-corrected chi connectivity index (χ0v) is 18.4. The van der Waals surface area contributed by atoms with E-state index in [9.17, 15) is 4.79 Å². The Balaban J connectivity index is 1.54. The lowest BCUT2D eigenvalue weighted by molar-refractivity contribution is 0.101. The smallest absolute Gasteiger partial charge is 0.162 e. The van der Waals surface area contributed by atoms with Gasteiger partial charge in [0, 0.05) is 54.6 Å². The van der Waals surface area contributed by atoms with Crippen molar-refractivity contribution in [3.63, 3.8) is 0 Å². The van der Waals surface area contributed by atoms with Crippen molar-refractivity contribution in [2.45, 2.75) is 32.1 Å². The van der Waals surface area contributed by atoms with Gasteiger partial charge in [-0.1, -0.05) is 18.2 Å². The van der Waals surface area contributed by atoms with Gasteiger partial charge in [-0.3, -0.25) is 14.5 Å². The standard InChI is InChI=1S/C26H25N5O/c1-15(32)21-11-23-26(29-25(21)20-8-4-6-16-5-3-7-19(16)20)24(30-31(23)2)17-9-10-22(28-14-17)18-12-27-13-18/h4,6,8-11,14,18,27H,3,5,7,12-13H2,1-2H3. The Morgan fingerprint density at radius 3 is 2.72 bits per heavy atom. The van der Waals surface area contributed by atoms with Crippen LogP contribution in [0.3, 0.4) is 0 Å². The van der Waals surface area contributed by atoms with Gasteiger partial charge < -0.3 is 5.32 Å². The highest BCUT2D eigenvalue weighted by Crippen LogP contribution is 2.36. The summed E-state index contributed by atoms with van der Waals surface area (Å²) in [4.78, 5) is 22.4. The number of rotatable bonds is 4. The molecule has 6 nitrogen and oxygen atoms in total. The number of aryl methyl sites for hydroxylation is 2. The van der Waals surface area contributed by atoms with E-state index in [4.69, 9.17) is 15.1 Å². The topological polar surface area (TPSA) is 72.7 Å². The number of Topliss-reactive ketones (excluding diaryl/α,β-unsaturated/α-hetero) is 1. The summed E-state index contributed by atoms with van der Waals surface area (Å²) in [5.74, 6) is 0.514. The van der Waals surface area contributed by atoms with Crippen LogP contribution in [0.4, 0.5) is 0 Å². The highest BCUT2D eigenvalue weighted by molar-refractivity contribution is 6.04. The molecule has 1 fully saturated rings. The molecule has 2 aliphatic rings. The molecule has 1 aliphatic carbocycles. The van der Waals surface area contributed by atoms with E-state index in [1.807, 2.05) is 24.0 Å². The number of nitrogens with zero attached hydrogens (tertiary/aromatic N) is 4. The van der Waals surface area contributed by atoms with Gasteiger partial charge in [-0.25, -0.2) is 4.98 Å². The third-order valence-electron chi connectivity index (χ3n) is 6.87. The van der Waals surface area contributed by atoms with Crippen LogP contribution in [0.2, 0.25) is 0 Å². The van der Waals surface area contributed by atoms with E-state index in [1.165, 1.54) is 11.1 Å². The molecule has 0 unspecified atom stereocenters. The number of carbonyl (C=O) groups excluding carboxylic acids is 1. The number of pyridine rings is 2. The second-order valence-corrected chi connectivity index (χ2v) is 8.90. The summed E-state index contributed by atoms with van der Waals surface area (Å²) in [5, 5.41) is 8.06. The molecule has 6 rings (SSSR count). The van der Waals surface area contributed by atoms with Gasteiger partial charge in [-0.15, -0.1) is 0 Å². The highest BCUT2D eigenvalue weighted by Gasteiger charge is 2.24. The SMILES string of the molecule is CC(=O)c1cc2c(nc1-c1cccc3c1CCC3)c(-c1ccc(C3CNC3)nc1)nn2C. The Bertz CT molecular complexity index is 1370. The van der Waals surface area contributed by atoms with Gasteiger partial charge in [0.2, 0.25) is 0 Å². The largest absolute Gasteiger partial charge is 0.315 e. The molecule has 0 saturated carbocycles. The van der Waals surface area contributed by atoms with E-state index in [2.05, 4.69) is 35.6 Å². The van der Waals surface area contributed by atoms with Gasteiger partial charge >= 0.3 is 0 Å². The van der Waals surface area contributed by atoms with Crippen LogP contribution in [0.5, 0.6) is 0 Å². The summed E-state index contributed by atoms with van der Waals surface area (Å²) in [5.41, 5.74) is 9.71. The summed E-state index contributed by atoms with van der Waals surface area (Å²) < 4.78 is 1.81. The van der Waals surface area contributed by atoms with E-state index < -0.39 is 0 Å². The minimum Gasteiger partial charge on any atom is -0.315 e. The molecule has 3 aromatic heterocycles. The molecule has 160 valence electrons. The van der Waals surface area contributed by atoms with E-state index in [0.717, 1.165) is 71.6 Å². The molecule has 0 bridgehead atoms. The number of benzene rings is 1. The van der Waals surface area contributed by atoms with Crippen LogP contribution in [-0.4, -0.2) is 38.6 Å². The van der Waals surface area contributed by atoms with E-state index in [1.54, 1.807) is 6.92 Å². The first-order chi connectivity index (χ1) is 15.6. The molecule has 0 spiro atoms. The third-order valence-corrected chi connectivity index (χ3v) is 6.87. The molecule has 0 amide bonds. The second-order valence-electron chi connectivity index (χ2n) is 8.90. The summed E-state index contributed by atoms with van der Waals surface area (Å²) in [6.07, 6.45) is 5.17. The van der Waals surface area contributed by atoms with Crippen molar-refractivity contribution in [1.29, 1.82) is 0 Å². The fourth-order valence-corrected chi connectivity index (χ4v) is 4.97. The van der Waals surface area contributed by atoms with Gasteiger partial charge in [-0.2, -0.15) is 5.10 Å². The van der Waals surface area contributed by atoms with Crippen molar-refractivity contribution in [2.24, 2.45) is 7.05 Å². The lowest BCUT2D eigenvalue weighted by atomic mass is 9.95. The first kappa shape index (κ1) is 19.3. The summed E-state index contributed by atoms with van der Waals surface area (Å²) in [6.45, 7) is 3.59. The number of hydrogen-bond donors (Lipinski definition) is 1. The summed E-state index contributed by atoms with van der Waals surface area (Å²) >= 11 is 0. The van der Waals surface area contributed by atoms with E-state index in [0.29, 0.717) is 11.5 Å². The maximum Gasteiger partial charge on any atom is 0.162 e. The van der Waals surface area contributed by atoms with Crippen LogP contribution >= 0.6 is 0 Å². The van der Waals surface area contributed by atoms with Crippen molar-refractivity contribution in [3.05, 3.63) is 65.0 Å².